The van der Waals surface area contributed by atoms with Crippen molar-refractivity contribution in [3.8, 4) is 6.07 Å². The van der Waals surface area contributed by atoms with Crippen molar-refractivity contribution in [1.29, 1.82) is 5.26 Å². The molecule has 0 bridgehead atoms. The Labute approximate surface area is 180 Å². The van der Waals surface area contributed by atoms with Gasteiger partial charge in [-0.1, -0.05) is 60.6 Å². The highest BCUT2D eigenvalue weighted by Crippen LogP contribution is 2.43. The minimum atomic E-state index is -0.169. The number of thioether (sulfide) groups is 1. The van der Waals surface area contributed by atoms with E-state index < -0.39 is 0 Å². The molecule has 148 valence electrons. The van der Waals surface area contributed by atoms with Crippen LogP contribution in [0.2, 0.25) is 5.02 Å². The molecule has 2 aliphatic rings. The fourth-order valence-corrected chi connectivity index (χ4v) is 5.12. The summed E-state index contributed by atoms with van der Waals surface area (Å²) in [5.74, 6) is 0.557. The lowest BCUT2D eigenvalue weighted by Crippen LogP contribution is -2.47. The first kappa shape index (κ1) is 19.9. The Morgan fingerprint density at radius 2 is 2.00 bits per heavy atom. The molecule has 1 atom stereocenters. The first-order chi connectivity index (χ1) is 14.0. The summed E-state index contributed by atoms with van der Waals surface area (Å²) >= 11 is 7.83. The van der Waals surface area contributed by atoms with Gasteiger partial charge in [-0.25, -0.2) is 0 Å². The third kappa shape index (κ3) is 3.75. The molecule has 2 aromatic rings. The van der Waals surface area contributed by atoms with E-state index in [0.29, 0.717) is 29.6 Å². The van der Waals surface area contributed by atoms with E-state index in [1.54, 1.807) is 16.7 Å². The van der Waals surface area contributed by atoms with E-state index >= 15 is 0 Å². The SMILES string of the molecule is CCc1ccc([C@H]2CC(=O)N3CN(c4ccc(C)c(Cl)c4)CSC3=C2C#N)cc1. The van der Waals surface area contributed by atoms with Gasteiger partial charge in [-0.15, -0.1) is 0 Å². The van der Waals surface area contributed by atoms with Gasteiger partial charge in [0.25, 0.3) is 0 Å². The van der Waals surface area contributed by atoms with Crippen LogP contribution in [-0.2, 0) is 11.2 Å². The second kappa shape index (κ2) is 8.14. The maximum Gasteiger partial charge on any atom is 0.229 e. The zero-order chi connectivity index (χ0) is 20.5. The van der Waals surface area contributed by atoms with Crippen LogP contribution in [0.5, 0.6) is 0 Å². The molecule has 0 saturated carbocycles. The predicted octanol–water partition coefficient (Wildman–Crippen LogP) is 5.43. The first-order valence-electron chi connectivity index (χ1n) is 9.69. The second-order valence-electron chi connectivity index (χ2n) is 7.39. The van der Waals surface area contributed by atoms with Gasteiger partial charge in [-0.2, -0.15) is 5.26 Å². The van der Waals surface area contributed by atoms with Crippen LogP contribution >= 0.6 is 23.4 Å². The summed E-state index contributed by atoms with van der Waals surface area (Å²) in [6, 6.07) is 16.6. The van der Waals surface area contributed by atoms with E-state index in [1.807, 2.05) is 25.1 Å². The number of carbonyl (C=O) groups is 1. The van der Waals surface area contributed by atoms with Crippen molar-refractivity contribution < 1.29 is 4.79 Å². The number of hydrogen-bond donors (Lipinski definition) is 0. The fraction of sp³-hybridized carbons (Fsp3) is 0.304. The number of benzene rings is 2. The summed E-state index contributed by atoms with van der Waals surface area (Å²) in [4.78, 5) is 16.9. The lowest BCUT2D eigenvalue weighted by molar-refractivity contribution is -0.129. The van der Waals surface area contributed by atoms with Crippen molar-refractivity contribution in [3.05, 3.63) is 74.8 Å². The molecule has 0 aromatic heterocycles. The minimum absolute atomic E-state index is 0.0546. The topological polar surface area (TPSA) is 47.3 Å². The van der Waals surface area contributed by atoms with E-state index in [1.165, 1.54) is 5.56 Å². The highest BCUT2D eigenvalue weighted by Gasteiger charge is 2.38. The molecule has 1 amide bonds. The summed E-state index contributed by atoms with van der Waals surface area (Å²) < 4.78 is 0. The molecule has 2 heterocycles. The zero-order valence-electron chi connectivity index (χ0n) is 16.5. The molecule has 4 rings (SSSR count). The average Bonchev–Trinajstić information content (AvgIpc) is 2.75. The van der Waals surface area contributed by atoms with E-state index in [2.05, 4.69) is 42.2 Å². The van der Waals surface area contributed by atoms with Crippen LogP contribution in [0.4, 0.5) is 5.69 Å². The fourth-order valence-electron chi connectivity index (χ4n) is 3.77. The predicted molar refractivity (Wildman–Crippen MR) is 119 cm³/mol. The number of aryl methyl sites for hydroxylation is 2. The third-order valence-corrected chi connectivity index (χ3v) is 7.17. The molecule has 0 radical (unpaired) electrons. The molecule has 0 N–H and O–H groups in total. The highest BCUT2D eigenvalue weighted by atomic mass is 35.5. The molecule has 0 spiro atoms. The molecule has 0 aliphatic carbocycles. The second-order valence-corrected chi connectivity index (χ2v) is 8.73. The molecule has 1 saturated heterocycles. The molecule has 2 aromatic carbocycles. The molecule has 29 heavy (non-hydrogen) atoms. The molecular formula is C23H22ClN3OS. The van der Waals surface area contributed by atoms with Crippen molar-refractivity contribution in [2.24, 2.45) is 0 Å². The summed E-state index contributed by atoms with van der Waals surface area (Å²) in [6.45, 7) is 4.52. The molecule has 0 unspecified atom stereocenters. The van der Waals surface area contributed by atoms with Gasteiger partial charge in [0.2, 0.25) is 5.91 Å². The lowest BCUT2D eigenvalue weighted by Gasteiger charge is -2.42. The van der Waals surface area contributed by atoms with Crippen LogP contribution in [0.1, 0.15) is 36.0 Å². The third-order valence-electron chi connectivity index (χ3n) is 5.60. The number of nitrogens with zero attached hydrogens (tertiary/aromatic N) is 3. The van der Waals surface area contributed by atoms with E-state index in [9.17, 15) is 10.1 Å². The summed E-state index contributed by atoms with van der Waals surface area (Å²) in [7, 11) is 0. The molecule has 2 aliphatic heterocycles. The smallest absolute Gasteiger partial charge is 0.229 e. The maximum absolute atomic E-state index is 13.0. The van der Waals surface area contributed by atoms with E-state index in [-0.39, 0.29) is 11.8 Å². The van der Waals surface area contributed by atoms with Crippen molar-refractivity contribution in [2.75, 3.05) is 17.4 Å². The van der Waals surface area contributed by atoms with Gasteiger partial charge >= 0.3 is 0 Å². The van der Waals surface area contributed by atoms with E-state index in [0.717, 1.165) is 28.3 Å². The van der Waals surface area contributed by atoms with Crippen molar-refractivity contribution in [1.82, 2.24) is 4.90 Å². The van der Waals surface area contributed by atoms with Gasteiger partial charge in [0.05, 0.1) is 29.2 Å². The number of allylic oxidation sites excluding steroid dienone is 1. The summed E-state index contributed by atoms with van der Waals surface area (Å²) in [6.07, 6.45) is 1.29. The monoisotopic (exact) mass is 423 g/mol. The number of rotatable bonds is 3. The molecule has 4 nitrogen and oxygen atoms in total. The van der Waals surface area contributed by atoms with Crippen LogP contribution in [0.25, 0.3) is 0 Å². The van der Waals surface area contributed by atoms with Crippen molar-refractivity contribution in [3.63, 3.8) is 0 Å². The van der Waals surface area contributed by atoms with Gasteiger partial charge in [0.1, 0.15) is 0 Å². The van der Waals surface area contributed by atoms with Crippen molar-refractivity contribution >= 4 is 35.0 Å². The number of hydrogen-bond acceptors (Lipinski definition) is 4. The van der Waals surface area contributed by atoms with Crippen LogP contribution in [0.15, 0.2) is 53.1 Å². The Morgan fingerprint density at radius 1 is 1.24 bits per heavy atom. The van der Waals surface area contributed by atoms with Gasteiger partial charge in [-0.3, -0.25) is 9.69 Å². The first-order valence-corrected chi connectivity index (χ1v) is 11.1. The number of halogens is 1. The quantitative estimate of drug-likeness (QED) is 0.660. The highest BCUT2D eigenvalue weighted by molar-refractivity contribution is 8.03. The Hall–Kier alpha value is -2.42. The minimum Gasteiger partial charge on any atom is -0.344 e. The van der Waals surface area contributed by atoms with Gasteiger partial charge in [0.15, 0.2) is 0 Å². The van der Waals surface area contributed by atoms with Crippen LogP contribution in [0, 0.1) is 18.3 Å². The van der Waals surface area contributed by atoms with Gasteiger partial charge < -0.3 is 4.90 Å². The van der Waals surface area contributed by atoms with E-state index in [4.69, 9.17) is 11.6 Å². The Kier molecular flexibility index (Phi) is 5.58. The van der Waals surface area contributed by atoms with Crippen LogP contribution in [0.3, 0.4) is 0 Å². The Balaban J connectivity index is 1.64. The maximum atomic E-state index is 13.0. The molecule has 1 fully saturated rings. The Morgan fingerprint density at radius 3 is 2.66 bits per heavy atom. The number of amides is 1. The van der Waals surface area contributed by atoms with Crippen LogP contribution in [-0.4, -0.2) is 23.4 Å². The van der Waals surface area contributed by atoms with Crippen molar-refractivity contribution in [2.45, 2.75) is 32.6 Å². The Bertz CT molecular complexity index is 1030. The standard InChI is InChI=1S/C23H22ClN3OS/c1-3-16-5-7-17(8-6-16)19-11-22(28)27-13-26(14-29-23(27)20(19)12-25)18-9-4-15(2)21(24)10-18/h4-10,19H,3,11,13-14H2,1-2H3/t19-/m1/s1. The average molecular weight is 424 g/mol. The number of carbonyl (C=O) groups excluding carboxylic acids is 1. The number of nitriles is 1. The lowest BCUT2D eigenvalue weighted by atomic mass is 9.86. The van der Waals surface area contributed by atoms with Gasteiger partial charge in [-0.05, 0) is 42.2 Å². The zero-order valence-corrected chi connectivity index (χ0v) is 18.1. The number of fused-ring (bicyclic) bond motifs is 1. The summed E-state index contributed by atoms with van der Waals surface area (Å²) in [5, 5.41) is 11.4. The number of anilines is 1. The molecule has 6 heteroatoms. The van der Waals surface area contributed by atoms with Crippen LogP contribution < -0.4 is 4.90 Å². The van der Waals surface area contributed by atoms with Gasteiger partial charge in [0, 0.05) is 23.0 Å². The molecular weight excluding hydrogens is 402 g/mol. The largest absolute Gasteiger partial charge is 0.344 e. The normalized spacial score (nSPS) is 19.2. The summed E-state index contributed by atoms with van der Waals surface area (Å²) in [5.41, 5.74) is 4.99.